The van der Waals surface area contributed by atoms with E-state index in [1.165, 1.54) is 5.56 Å². The fourth-order valence-corrected chi connectivity index (χ4v) is 3.39. The lowest BCUT2D eigenvalue weighted by atomic mass is 9.87. The third-order valence-electron chi connectivity index (χ3n) is 4.41. The Morgan fingerprint density at radius 2 is 1.95 bits per heavy atom. The Labute approximate surface area is 127 Å². The second-order valence-electron chi connectivity index (χ2n) is 5.64. The minimum atomic E-state index is -0.940. The molecule has 0 radical (unpaired) electrons. The number of rotatable bonds is 2. The van der Waals surface area contributed by atoms with Crippen LogP contribution in [0.15, 0.2) is 41.6 Å². The number of carbonyl (C=O) groups excluding carboxylic acids is 1. The van der Waals surface area contributed by atoms with Gasteiger partial charge in [0.2, 0.25) is 0 Å². The molecule has 0 aromatic heterocycles. The summed E-state index contributed by atoms with van der Waals surface area (Å²) in [5, 5.41) is 9.18. The Bertz CT molecular complexity index is 771. The molecule has 110 valence electrons. The van der Waals surface area contributed by atoms with Crippen LogP contribution in [0.1, 0.15) is 22.7 Å². The molecule has 0 spiro atoms. The van der Waals surface area contributed by atoms with Crippen molar-refractivity contribution < 1.29 is 4.79 Å². The van der Waals surface area contributed by atoms with Crippen LogP contribution < -0.4 is 10.6 Å². The van der Waals surface area contributed by atoms with E-state index >= 15 is 0 Å². The molecule has 2 aliphatic rings. The number of benzene rings is 2. The fraction of sp³-hybridized carbons (Fsp3) is 0.235. The van der Waals surface area contributed by atoms with Gasteiger partial charge in [-0.1, -0.05) is 35.5 Å². The van der Waals surface area contributed by atoms with Gasteiger partial charge in [-0.3, -0.25) is 4.79 Å². The van der Waals surface area contributed by atoms with Crippen LogP contribution in [0.3, 0.4) is 0 Å². The second kappa shape index (κ2) is 5.03. The van der Waals surface area contributed by atoms with Gasteiger partial charge in [0.15, 0.2) is 6.04 Å². The van der Waals surface area contributed by atoms with E-state index in [4.69, 9.17) is 0 Å². The smallest absolute Gasteiger partial charge is 0.257 e. The summed E-state index contributed by atoms with van der Waals surface area (Å²) >= 11 is 0. The Hall–Kier alpha value is -2.53. The number of nitrogens with one attached hydrogen (secondary N) is 2. The van der Waals surface area contributed by atoms with Crippen LogP contribution in [-0.2, 0) is 17.8 Å². The maximum absolute atomic E-state index is 12.0. The number of nitrogens with zero attached hydrogens (tertiary/aromatic N) is 1. The van der Waals surface area contributed by atoms with E-state index in [1.54, 1.807) is 0 Å². The van der Waals surface area contributed by atoms with Crippen molar-refractivity contribution >= 4 is 11.6 Å². The molecule has 1 amide bonds. The first-order valence-corrected chi connectivity index (χ1v) is 7.37. The van der Waals surface area contributed by atoms with Gasteiger partial charge in [-0.2, -0.15) is 0 Å². The summed E-state index contributed by atoms with van der Waals surface area (Å²) in [5.74, 6) is -0.331. The number of carbonyl (C=O) groups is 1. The van der Waals surface area contributed by atoms with Gasteiger partial charge >= 0.3 is 0 Å². The van der Waals surface area contributed by atoms with Crippen molar-refractivity contribution in [1.82, 2.24) is 5.32 Å². The average molecular weight is 293 g/mol. The maximum Gasteiger partial charge on any atom is 0.257 e. The quantitative estimate of drug-likeness (QED) is 0.836. The molecule has 0 saturated carbocycles. The van der Waals surface area contributed by atoms with Crippen molar-refractivity contribution in [3.8, 4) is 11.1 Å². The number of hydrogen-bond acceptors (Lipinski definition) is 4. The van der Waals surface area contributed by atoms with E-state index in [-0.39, 0.29) is 5.91 Å². The summed E-state index contributed by atoms with van der Waals surface area (Å²) in [5.41, 5.74) is 6.00. The predicted octanol–water partition coefficient (Wildman–Crippen LogP) is 2.76. The zero-order chi connectivity index (χ0) is 15.1. The molecule has 2 N–H and O–H groups in total. The van der Waals surface area contributed by atoms with Gasteiger partial charge in [0, 0.05) is 12.1 Å². The standard InChI is InChI=1S/C17H15N3O2/c21-17-16(20-22)13-8-12(10-4-2-1-3-5-10)11-6-7-18-9-14(11)15(13)19-17/h1-5,8,16,18H,6-7,9H2,(H,19,21). The zero-order valence-electron chi connectivity index (χ0n) is 11.9. The molecule has 2 aromatic carbocycles. The first-order valence-electron chi connectivity index (χ1n) is 7.37. The van der Waals surface area contributed by atoms with Crippen LogP contribution in [0.2, 0.25) is 0 Å². The number of nitroso groups, excluding NO2 is 1. The third kappa shape index (κ3) is 1.86. The normalized spacial score (nSPS) is 19.3. The maximum atomic E-state index is 12.0. The number of anilines is 1. The lowest BCUT2D eigenvalue weighted by Gasteiger charge is -2.23. The Balaban J connectivity index is 1.99. The van der Waals surface area contributed by atoms with E-state index in [0.29, 0.717) is 12.1 Å². The van der Waals surface area contributed by atoms with Crippen molar-refractivity contribution in [3.05, 3.63) is 58.0 Å². The van der Waals surface area contributed by atoms with Gasteiger partial charge in [-0.15, -0.1) is 4.91 Å². The minimum Gasteiger partial charge on any atom is -0.323 e. The second-order valence-corrected chi connectivity index (χ2v) is 5.64. The van der Waals surface area contributed by atoms with Gasteiger partial charge in [0.1, 0.15) is 0 Å². The van der Waals surface area contributed by atoms with Crippen LogP contribution >= 0.6 is 0 Å². The van der Waals surface area contributed by atoms with E-state index < -0.39 is 6.04 Å². The molecule has 0 saturated heterocycles. The highest BCUT2D eigenvalue weighted by Crippen LogP contribution is 2.43. The highest BCUT2D eigenvalue weighted by atomic mass is 16.3. The van der Waals surface area contributed by atoms with Gasteiger partial charge in [-0.05, 0) is 41.3 Å². The molecule has 0 fully saturated rings. The fourth-order valence-electron chi connectivity index (χ4n) is 3.39. The Morgan fingerprint density at radius 3 is 2.73 bits per heavy atom. The van der Waals surface area contributed by atoms with Crippen LogP contribution in [0.4, 0.5) is 5.69 Å². The number of hydrogen-bond donors (Lipinski definition) is 2. The number of amides is 1. The monoisotopic (exact) mass is 293 g/mol. The summed E-state index contributed by atoms with van der Waals surface area (Å²) < 4.78 is 0. The van der Waals surface area contributed by atoms with Crippen LogP contribution in [-0.4, -0.2) is 12.5 Å². The van der Waals surface area contributed by atoms with Crippen molar-refractivity contribution in [1.29, 1.82) is 0 Å². The van der Waals surface area contributed by atoms with Gasteiger partial charge in [0.05, 0.1) is 5.69 Å². The van der Waals surface area contributed by atoms with E-state index in [1.807, 2.05) is 24.3 Å². The van der Waals surface area contributed by atoms with Crippen LogP contribution in [0, 0.1) is 4.91 Å². The van der Waals surface area contributed by atoms with Gasteiger partial charge in [-0.25, -0.2) is 0 Å². The zero-order valence-corrected chi connectivity index (χ0v) is 11.9. The molecule has 2 aromatic rings. The van der Waals surface area contributed by atoms with E-state index in [9.17, 15) is 9.70 Å². The molecule has 1 atom stereocenters. The topological polar surface area (TPSA) is 70.6 Å². The lowest BCUT2D eigenvalue weighted by Crippen LogP contribution is -2.25. The van der Waals surface area contributed by atoms with Crippen LogP contribution in [0.5, 0.6) is 0 Å². The SMILES string of the molecule is O=NC1C(=O)Nc2c1cc(-c1ccccc1)c1c2CNCC1. The highest BCUT2D eigenvalue weighted by molar-refractivity contribution is 6.04. The summed E-state index contributed by atoms with van der Waals surface area (Å²) in [6.45, 7) is 1.61. The van der Waals surface area contributed by atoms with Gasteiger partial charge in [0.25, 0.3) is 5.91 Å². The van der Waals surface area contributed by atoms with E-state index in [0.717, 1.165) is 35.3 Å². The van der Waals surface area contributed by atoms with Gasteiger partial charge < -0.3 is 10.6 Å². The minimum absolute atomic E-state index is 0.331. The lowest BCUT2D eigenvalue weighted by molar-refractivity contribution is -0.116. The number of fused-ring (bicyclic) bond motifs is 3. The highest BCUT2D eigenvalue weighted by Gasteiger charge is 2.35. The molecule has 0 bridgehead atoms. The Morgan fingerprint density at radius 1 is 1.14 bits per heavy atom. The predicted molar refractivity (Wildman–Crippen MR) is 84.5 cm³/mol. The molecule has 5 nitrogen and oxygen atoms in total. The molecule has 22 heavy (non-hydrogen) atoms. The molecule has 5 heteroatoms. The van der Waals surface area contributed by atoms with Crippen LogP contribution in [0.25, 0.3) is 11.1 Å². The average Bonchev–Trinajstić information content (AvgIpc) is 2.90. The molecule has 0 aliphatic carbocycles. The molecule has 2 aliphatic heterocycles. The first kappa shape index (κ1) is 13.2. The summed E-state index contributed by atoms with van der Waals surface area (Å²) in [6, 6.07) is 11.1. The van der Waals surface area contributed by atoms with Crippen molar-refractivity contribution in [2.24, 2.45) is 5.18 Å². The summed E-state index contributed by atoms with van der Waals surface area (Å²) in [7, 11) is 0. The third-order valence-corrected chi connectivity index (χ3v) is 4.41. The molecular formula is C17H15N3O2. The van der Waals surface area contributed by atoms with E-state index in [2.05, 4.69) is 27.9 Å². The molecule has 2 heterocycles. The summed E-state index contributed by atoms with van der Waals surface area (Å²) in [6.07, 6.45) is 0.905. The molecule has 4 rings (SSSR count). The largest absolute Gasteiger partial charge is 0.323 e. The Kier molecular flexibility index (Phi) is 3.01. The van der Waals surface area contributed by atoms with Crippen molar-refractivity contribution in [2.45, 2.75) is 19.0 Å². The first-order chi connectivity index (χ1) is 10.8. The summed E-state index contributed by atoms with van der Waals surface area (Å²) in [4.78, 5) is 23.0. The van der Waals surface area contributed by atoms with Crippen molar-refractivity contribution in [3.63, 3.8) is 0 Å². The molecule has 1 unspecified atom stereocenters. The van der Waals surface area contributed by atoms with Crippen molar-refractivity contribution in [2.75, 3.05) is 11.9 Å². The molecular weight excluding hydrogens is 278 g/mol.